The van der Waals surface area contributed by atoms with Crippen LogP contribution in [-0.2, 0) is 13.1 Å². The lowest BCUT2D eigenvalue weighted by molar-refractivity contribution is 0.134. The van der Waals surface area contributed by atoms with Crippen LogP contribution in [0, 0.1) is 0 Å². The van der Waals surface area contributed by atoms with Crippen molar-refractivity contribution in [2.75, 3.05) is 51.7 Å². The molecule has 0 spiro atoms. The lowest BCUT2D eigenvalue weighted by atomic mass is 9.97. The van der Waals surface area contributed by atoms with Gasteiger partial charge in [0.25, 0.3) is 0 Å². The highest BCUT2D eigenvalue weighted by Crippen LogP contribution is 2.20. The van der Waals surface area contributed by atoms with E-state index in [-0.39, 0.29) is 24.0 Å². The number of guanidine groups is 1. The van der Waals surface area contributed by atoms with Gasteiger partial charge >= 0.3 is 0 Å². The summed E-state index contributed by atoms with van der Waals surface area (Å²) in [5, 5.41) is 7.11. The van der Waals surface area contributed by atoms with Gasteiger partial charge in [-0.3, -0.25) is 9.89 Å². The average Bonchev–Trinajstić information content (AvgIpc) is 2.85. The molecule has 0 saturated carbocycles. The number of aliphatic imine (C=N–C) groups is 1. The van der Waals surface area contributed by atoms with E-state index in [0.29, 0.717) is 12.1 Å². The molecule has 2 unspecified atom stereocenters. The Morgan fingerprint density at radius 2 is 1.79 bits per heavy atom. The number of halogens is 1. The van der Waals surface area contributed by atoms with Crippen LogP contribution in [0.2, 0.25) is 0 Å². The lowest BCUT2D eigenvalue weighted by Crippen LogP contribution is -2.51. The van der Waals surface area contributed by atoms with Crippen molar-refractivity contribution in [3.05, 3.63) is 59.8 Å². The number of piperidine rings is 1. The van der Waals surface area contributed by atoms with E-state index in [4.69, 9.17) is 4.98 Å². The van der Waals surface area contributed by atoms with Crippen LogP contribution in [-0.4, -0.2) is 79.6 Å². The van der Waals surface area contributed by atoms with E-state index >= 15 is 0 Å². The monoisotopic (exact) mass is 577 g/mol. The van der Waals surface area contributed by atoms with E-state index in [1.54, 1.807) is 0 Å². The average molecular weight is 578 g/mol. The van der Waals surface area contributed by atoms with Crippen molar-refractivity contribution < 1.29 is 0 Å². The number of anilines is 1. The van der Waals surface area contributed by atoms with Crippen LogP contribution < -0.4 is 15.5 Å². The molecule has 2 atom stereocenters. The third-order valence-electron chi connectivity index (χ3n) is 6.90. The topological polar surface area (TPSA) is 59.0 Å². The molecule has 4 rings (SSSR count). The molecule has 7 nitrogen and oxygen atoms in total. The summed E-state index contributed by atoms with van der Waals surface area (Å²) in [4.78, 5) is 16.5. The van der Waals surface area contributed by atoms with Crippen molar-refractivity contribution in [1.29, 1.82) is 0 Å². The molecule has 186 valence electrons. The minimum Gasteiger partial charge on any atom is -0.354 e. The number of nitrogens with zero attached hydrogens (tertiary/aromatic N) is 5. The lowest BCUT2D eigenvalue weighted by Gasteiger charge is -2.38. The molecule has 2 aromatic rings. The van der Waals surface area contributed by atoms with Crippen LogP contribution in [0.5, 0.6) is 0 Å². The molecule has 3 heterocycles. The Morgan fingerprint density at radius 3 is 2.44 bits per heavy atom. The Morgan fingerprint density at radius 1 is 1.03 bits per heavy atom. The van der Waals surface area contributed by atoms with Gasteiger partial charge in [-0.1, -0.05) is 36.4 Å². The van der Waals surface area contributed by atoms with Gasteiger partial charge in [-0.05, 0) is 44.0 Å². The number of piperazine rings is 1. The normalized spacial score (nSPS) is 22.2. The van der Waals surface area contributed by atoms with Crippen molar-refractivity contribution in [2.45, 2.75) is 44.9 Å². The van der Waals surface area contributed by atoms with Crippen molar-refractivity contribution in [2.24, 2.45) is 4.99 Å². The number of benzene rings is 1. The van der Waals surface area contributed by atoms with Gasteiger partial charge in [0.15, 0.2) is 5.96 Å². The van der Waals surface area contributed by atoms with Crippen molar-refractivity contribution in [3.63, 3.8) is 0 Å². The molecule has 8 heteroatoms. The van der Waals surface area contributed by atoms with Gasteiger partial charge in [-0.2, -0.15) is 0 Å². The number of likely N-dealkylation sites (N-methyl/N-ethyl adjacent to an activating group) is 1. The Hall–Kier alpha value is -1.91. The van der Waals surface area contributed by atoms with E-state index in [2.05, 4.69) is 86.8 Å². The van der Waals surface area contributed by atoms with Gasteiger partial charge in [-0.15, -0.1) is 24.0 Å². The molecule has 0 amide bonds. The predicted molar refractivity (Wildman–Crippen MR) is 152 cm³/mol. The van der Waals surface area contributed by atoms with Crippen LogP contribution in [0.4, 0.5) is 5.82 Å². The zero-order valence-corrected chi connectivity index (χ0v) is 23.1. The van der Waals surface area contributed by atoms with Crippen LogP contribution in [0.25, 0.3) is 0 Å². The van der Waals surface area contributed by atoms with Crippen LogP contribution >= 0.6 is 24.0 Å². The fraction of sp³-hybridized carbons (Fsp3) is 0.538. The zero-order valence-electron chi connectivity index (χ0n) is 20.8. The van der Waals surface area contributed by atoms with Gasteiger partial charge in [0.2, 0.25) is 0 Å². The number of nitrogens with one attached hydrogen (secondary N) is 2. The maximum atomic E-state index is 4.70. The summed E-state index contributed by atoms with van der Waals surface area (Å²) in [5.41, 5.74) is 2.56. The van der Waals surface area contributed by atoms with Gasteiger partial charge in [-0.25, -0.2) is 4.98 Å². The quantitative estimate of drug-likeness (QED) is 0.313. The first-order valence-electron chi connectivity index (χ1n) is 12.2. The SMILES string of the molecule is CN=C(NCc1ccc(N2CCN(C)CC2)nc1)NC1CCN(Cc2ccccc2)C(C)C1.I. The fourth-order valence-electron chi connectivity index (χ4n) is 4.72. The minimum atomic E-state index is 0. The van der Waals surface area contributed by atoms with Gasteiger partial charge in [0.1, 0.15) is 5.82 Å². The second kappa shape index (κ2) is 13.3. The second-order valence-corrected chi connectivity index (χ2v) is 9.41. The van der Waals surface area contributed by atoms with Gasteiger partial charge in [0.05, 0.1) is 0 Å². The molecule has 34 heavy (non-hydrogen) atoms. The maximum Gasteiger partial charge on any atom is 0.191 e. The molecule has 2 N–H and O–H groups in total. The minimum absolute atomic E-state index is 0. The highest BCUT2D eigenvalue weighted by atomic mass is 127. The summed E-state index contributed by atoms with van der Waals surface area (Å²) >= 11 is 0. The molecule has 1 aromatic carbocycles. The molecule has 2 aliphatic heterocycles. The van der Waals surface area contributed by atoms with E-state index in [9.17, 15) is 0 Å². The summed E-state index contributed by atoms with van der Waals surface area (Å²) in [7, 11) is 4.02. The molecule has 0 aliphatic carbocycles. The number of pyridine rings is 1. The first-order valence-corrected chi connectivity index (χ1v) is 12.2. The summed E-state index contributed by atoms with van der Waals surface area (Å²) in [5.74, 6) is 1.94. The molecule has 2 fully saturated rings. The van der Waals surface area contributed by atoms with Crippen molar-refractivity contribution >= 4 is 35.8 Å². The van der Waals surface area contributed by atoms with E-state index < -0.39 is 0 Å². The Labute approximate surface area is 222 Å². The molecular formula is C26H40IN7. The Kier molecular flexibility index (Phi) is 10.4. The van der Waals surface area contributed by atoms with E-state index in [1.165, 1.54) is 11.1 Å². The highest BCUT2D eigenvalue weighted by Gasteiger charge is 2.26. The van der Waals surface area contributed by atoms with Gasteiger partial charge in [0, 0.05) is 71.1 Å². The second-order valence-electron chi connectivity index (χ2n) is 9.41. The van der Waals surface area contributed by atoms with Gasteiger partial charge < -0.3 is 20.4 Å². The Bertz CT molecular complexity index is 882. The first kappa shape index (κ1) is 26.7. The first-order chi connectivity index (χ1) is 16.1. The van der Waals surface area contributed by atoms with E-state index in [1.807, 2.05) is 13.2 Å². The van der Waals surface area contributed by atoms with E-state index in [0.717, 1.165) is 70.4 Å². The number of hydrogen-bond donors (Lipinski definition) is 2. The molecular weight excluding hydrogens is 537 g/mol. The zero-order chi connectivity index (χ0) is 23.0. The third kappa shape index (κ3) is 7.55. The predicted octanol–water partition coefficient (Wildman–Crippen LogP) is 3.17. The number of rotatable bonds is 6. The van der Waals surface area contributed by atoms with Crippen LogP contribution in [0.15, 0.2) is 53.7 Å². The fourth-order valence-corrected chi connectivity index (χ4v) is 4.72. The van der Waals surface area contributed by atoms with Crippen LogP contribution in [0.3, 0.4) is 0 Å². The number of aromatic nitrogens is 1. The Balaban J connectivity index is 0.00000324. The summed E-state index contributed by atoms with van der Waals surface area (Å²) in [6.07, 6.45) is 4.23. The molecule has 0 bridgehead atoms. The van der Waals surface area contributed by atoms with Crippen molar-refractivity contribution in [1.82, 2.24) is 25.4 Å². The maximum absolute atomic E-state index is 4.70. The number of likely N-dealkylation sites (tertiary alicyclic amines) is 1. The largest absolute Gasteiger partial charge is 0.354 e. The van der Waals surface area contributed by atoms with Crippen LogP contribution in [0.1, 0.15) is 30.9 Å². The summed E-state index contributed by atoms with van der Waals surface area (Å²) < 4.78 is 0. The molecule has 0 radical (unpaired) electrons. The standard InChI is InChI=1S/C26H39N7.HI/c1-21-17-24(11-12-33(21)20-22-7-5-4-6-8-22)30-26(27-2)29-19-23-9-10-25(28-18-23)32-15-13-31(3)14-16-32;/h4-10,18,21,24H,11-17,19-20H2,1-3H3,(H2,27,29,30);1H. The highest BCUT2D eigenvalue weighted by molar-refractivity contribution is 14.0. The third-order valence-corrected chi connectivity index (χ3v) is 6.90. The molecule has 2 saturated heterocycles. The van der Waals surface area contributed by atoms with Crippen molar-refractivity contribution in [3.8, 4) is 0 Å². The summed E-state index contributed by atoms with van der Waals surface area (Å²) in [6.45, 7) is 9.45. The molecule has 1 aromatic heterocycles. The number of hydrogen-bond acceptors (Lipinski definition) is 5. The smallest absolute Gasteiger partial charge is 0.191 e. The molecule has 2 aliphatic rings. The summed E-state index contributed by atoms with van der Waals surface area (Å²) in [6, 6.07) is 16.1.